The van der Waals surface area contributed by atoms with Gasteiger partial charge in [0, 0.05) is 0 Å². The number of hydrogen-bond donors (Lipinski definition) is 1. The molecule has 0 aliphatic heterocycles. The predicted molar refractivity (Wildman–Crippen MR) is 74.1 cm³/mol. The molecule has 2 aromatic rings. The lowest BCUT2D eigenvalue weighted by atomic mass is 10.3. The van der Waals surface area contributed by atoms with E-state index in [2.05, 4.69) is 9.97 Å². The summed E-state index contributed by atoms with van der Waals surface area (Å²) in [7, 11) is 0. The number of halogens is 3. The number of carbonyl (C=O) groups excluding carboxylic acids is 1. The first-order valence-electron chi connectivity index (χ1n) is 6.05. The van der Waals surface area contributed by atoms with E-state index in [1.54, 1.807) is 13.0 Å². The van der Waals surface area contributed by atoms with E-state index in [-0.39, 0.29) is 5.75 Å². The number of nitrogens with one attached hydrogen (secondary N) is 1. The van der Waals surface area contributed by atoms with E-state index in [9.17, 15) is 18.0 Å². The fraction of sp³-hybridized carbons (Fsp3) is 0.308. The number of hydrogen-bond acceptors (Lipinski definition) is 4. The highest BCUT2D eigenvalue weighted by molar-refractivity contribution is 7.99. The minimum Gasteiger partial charge on any atom is -0.346 e. The first-order chi connectivity index (χ1) is 9.85. The van der Waals surface area contributed by atoms with Gasteiger partial charge in [-0.2, -0.15) is 13.2 Å². The van der Waals surface area contributed by atoms with Gasteiger partial charge in [-0.3, -0.25) is 4.79 Å². The Labute approximate surface area is 123 Å². The first-order valence-corrected chi connectivity index (χ1v) is 7.03. The van der Waals surface area contributed by atoms with Crippen molar-refractivity contribution in [3.63, 3.8) is 0 Å². The van der Waals surface area contributed by atoms with Crippen molar-refractivity contribution in [3.8, 4) is 0 Å². The van der Waals surface area contributed by atoms with Gasteiger partial charge in [0.25, 0.3) is 0 Å². The van der Waals surface area contributed by atoms with E-state index in [4.69, 9.17) is 0 Å². The topological polar surface area (TPSA) is 54.9 Å². The van der Waals surface area contributed by atoms with Crippen LogP contribution in [0.2, 0.25) is 0 Å². The molecule has 1 amide bonds. The highest BCUT2D eigenvalue weighted by Gasteiger charge is 2.27. The van der Waals surface area contributed by atoms with Crippen LogP contribution in [0.5, 0.6) is 0 Å². The second-order valence-electron chi connectivity index (χ2n) is 4.28. The summed E-state index contributed by atoms with van der Waals surface area (Å²) in [6, 6.07) is 7.26. The van der Waals surface area contributed by atoms with Crippen LogP contribution in [-0.4, -0.2) is 34.3 Å². The number of rotatable bonds is 4. The van der Waals surface area contributed by atoms with Crippen molar-refractivity contribution in [1.29, 1.82) is 0 Å². The summed E-state index contributed by atoms with van der Waals surface area (Å²) in [5.74, 6) is -0.823. The molecule has 0 saturated heterocycles. The Morgan fingerprint density at radius 2 is 1.86 bits per heavy atom. The molecule has 1 aromatic carbocycles. The predicted octanol–water partition coefficient (Wildman–Crippen LogP) is 2.71. The monoisotopic (exact) mass is 315 g/mol. The molecule has 1 aromatic heterocycles. The highest BCUT2D eigenvalue weighted by Crippen LogP contribution is 2.21. The Kier molecular flexibility index (Phi) is 4.66. The van der Waals surface area contributed by atoms with Gasteiger partial charge in [-0.25, -0.2) is 9.97 Å². The molecule has 1 N–H and O–H groups in total. The van der Waals surface area contributed by atoms with E-state index in [1.165, 1.54) is 0 Å². The Balaban J connectivity index is 2.00. The molecule has 0 spiro atoms. The molecule has 0 unspecified atom stereocenters. The van der Waals surface area contributed by atoms with Gasteiger partial charge >= 0.3 is 6.18 Å². The fourth-order valence-corrected chi connectivity index (χ4v) is 2.38. The van der Waals surface area contributed by atoms with Crippen molar-refractivity contribution in [2.75, 3.05) is 12.3 Å². The molecule has 4 nitrogen and oxygen atoms in total. The van der Waals surface area contributed by atoms with E-state index in [0.717, 1.165) is 17.3 Å². The van der Waals surface area contributed by atoms with Crippen molar-refractivity contribution in [2.45, 2.75) is 18.1 Å². The van der Waals surface area contributed by atoms with Gasteiger partial charge in [0.1, 0.15) is 11.6 Å². The molecule has 0 aliphatic rings. The molecule has 0 aliphatic carbocycles. The molecule has 0 radical (unpaired) electrons. The molecule has 0 atom stereocenters. The minimum atomic E-state index is -4.40. The Morgan fingerprint density at radius 1 is 1.24 bits per heavy atom. The lowest BCUT2D eigenvalue weighted by Gasteiger charge is -2.09. The molecule has 112 valence electrons. The number of alkyl halides is 3. The summed E-state index contributed by atoms with van der Waals surface area (Å²) in [6.45, 7) is 0.421. The SMILES string of the molecule is Cc1nc2ccccc2nc1SCC(=O)NCC(F)(F)F. The Hall–Kier alpha value is -1.83. The van der Waals surface area contributed by atoms with Crippen molar-refractivity contribution in [2.24, 2.45) is 0 Å². The summed E-state index contributed by atoms with van der Waals surface area (Å²) in [6.07, 6.45) is -4.40. The van der Waals surface area contributed by atoms with Crippen LogP contribution in [0.4, 0.5) is 13.2 Å². The van der Waals surface area contributed by atoms with Crippen LogP contribution in [0.15, 0.2) is 29.3 Å². The van der Waals surface area contributed by atoms with E-state index >= 15 is 0 Å². The molecule has 1 heterocycles. The second kappa shape index (κ2) is 6.30. The van der Waals surface area contributed by atoms with Gasteiger partial charge < -0.3 is 5.32 Å². The van der Waals surface area contributed by atoms with E-state index in [0.29, 0.717) is 16.2 Å². The maximum absolute atomic E-state index is 12.0. The number of aryl methyl sites for hydroxylation is 1. The summed E-state index contributed by atoms with van der Waals surface area (Å²) in [5, 5.41) is 2.35. The van der Waals surface area contributed by atoms with Crippen LogP contribution in [0.1, 0.15) is 5.69 Å². The molecule has 2 rings (SSSR count). The summed E-state index contributed by atoms with van der Waals surface area (Å²) < 4.78 is 35.9. The molecule has 0 fully saturated rings. The van der Waals surface area contributed by atoms with Crippen molar-refractivity contribution < 1.29 is 18.0 Å². The summed E-state index contributed by atoms with van der Waals surface area (Å²) in [4.78, 5) is 20.1. The van der Waals surface area contributed by atoms with E-state index in [1.807, 2.05) is 23.5 Å². The van der Waals surface area contributed by atoms with Crippen molar-refractivity contribution in [3.05, 3.63) is 30.0 Å². The van der Waals surface area contributed by atoms with Crippen LogP contribution in [-0.2, 0) is 4.79 Å². The third kappa shape index (κ3) is 4.59. The third-order valence-electron chi connectivity index (χ3n) is 2.53. The zero-order valence-electron chi connectivity index (χ0n) is 11.1. The number of aromatic nitrogens is 2. The number of carbonyl (C=O) groups is 1. The third-order valence-corrected chi connectivity index (χ3v) is 3.59. The molecule has 0 bridgehead atoms. The van der Waals surface area contributed by atoms with Crippen LogP contribution in [0.3, 0.4) is 0 Å². The maximum atomic E-state index is 12.0. The number of amides is 1. The Bertz CT molecular complexity index is 661. The molecular formula is C13H12F3N3OS. The second-order valence-corrected chi connectivity index (χ2v) is 5.25. The lowest BCUT2D eigenvalue weighted by Crippen LogP contribution is -2.34. The molecule has 8 heteroatoms. The van der Waals surface area contributed by atoms with Crippen LogP contribution in [0, 0.1) is 6.92 Å². The van der Waals surface area contributed by atoms with Gasteiger partial charge in [-0.15, -0.1) is 0 Å². The lowest BCUT2D eigenvalue weighted by molar-refractivity contribution is -0.136. The quantitative estimate of drug-likeness (QED) is 0.882. The van der Waals surface area contributed by atoms with Gasteiger partial charge in [-0.05, 0) is 19.1 Å². The summed E-state index contributed by atoms with van der Waals surface area (Å²) >= 11 is 1.07. The minimum absolute atomic E-state index is 0.135. The van der Waals surface area contributed by atoms with E-state index < -0.39 is 18.6 Å². The molecular weight excluding hydrogens is 303 g/mol. The number of fused-ring (bicyclic) bond motifs is 1. The first kappa shape index (κ1) is 15.6. The zero-order valence-corrected chi connectivity index (χ0v) is 11.9. The van der Waals surface area contributed by atoms with Gasteiger partial charge in [0.2, 0.25) is 5.91 Å². The number of nitrogens with zero attached hydrogens (tertiary/aromatic N) is 2. The molecule has 0 saturated carbocycles. The van der Waals surface area contributed by atoms with Gasteiger partial charge in [0.15, 0.2) is 0 Å². The smallest absolute Gasteiger partial charge is 0.346 e. The van der Waals surface area contributed by atoms with Crippen LogP contribution >= 0.6 is 11.8 Å². The van der Waals surface area contributed by atoms with Crippen molar-refractivity contribution >= 4 is 28.7 Å². The van der Waals surface area contributed by atoms with Gasteiger partial charge in [0.05, 0.1) is 22.5 Å². The zero-order chi connectivity index (χ0) is 15.5. The number of benzene rings is 1. The van der Waals surface area contributed by atoms with Crippen LogP contribution < -0.4 is 5.32 Å². The number of thioether (sulfide) groups is 1. The largest absolute Gasteiger partial charge is 0.405 e. The van der Waals surface area contributed by atoms with Crippen LogP contribution in [0.25, 0.3) is 11.0 Å². The van der Waals surface area contributed by atoms with Crippen molar-refractivity contribution in [1.82, 2.24) is 15.3 Å². The molecule has 21 heavy (non-hydrogen) atoms. The summed E-state index contributed by atoms with van der Waals surface area (Å²) in [5.41, 5.74) is 2.06. The average Bonchev–Trinajstić information content (AvgIpc) is 2.42. The Morgan fingerprint density at radius 3 is 2.48 bits per heavy atom. The average molecular weight is 315 g/mol. The van der Waals surface area contributed by atoms with Gasteiger partial charge in [-0.1, -0.05) is 23.9 Å². The highest BCUT2D eigenvalue weighted by atomic mass is 32.2. The standard InChI is InChI=1S/C13H12F3N3OS/c1-8-12(19-10-5-3-2-4-9(10)18-8)21-6-11(20)17-7-13(14,15)16/h2-5H,6-7H2,1H3,(H,17,20). The fourth-order valence-electron chi connectivity index (χ4n) is 1.59. The maximum Gasteiger partial charge on any atom is 0.405 e. The normalized spacial score (nSPS) is 11.6. The number of para-hydroxylation sites is 2.